The van der Waals surface area contributed by atoms with Crippen LogP contribution in [0.3, 0.4) is 0 Å². The van der Waals surface area contributed by atoms with E-state index in [9.17, 15) is 0 Å². The molecule has 30 valence electrons. The van der Waals surface area contributed by atoms with E-state index in [1.165, 1.54) is 6.26 Å². The van der Waals surface area contributed by atoms with Gasteiger partial charge >= 0.3 is 103 Å². The van der Waals surface area contributed by atoms with E-state index < -0.39 is 0 Å². The number of hydrogen-bond acceptors (Lipinski definition) is 2. The molecular formula is C3H5K2NO. The van der Waals surface area contributed by atoms with E-state index in [1.54, 1.807) is 12.3 Å². The van der Waals surface area contributed by atoms with Crippen LogP contribution in [-0.4, -0.2) is 5.16 Å². The van der Waals surface area contributed by atoms with Gasteiger partial charge in [-0.15, -0.1) is 0 Å². The second-order valence-electron chi connectivity index (χ2n) is 0.688. The van der Waals surface area contributed by atoms with Gasteiger partial charge in [0, 0.05) is 0 Å². The molecular weight excluding hydrogens is 144 g/mol. The molecule has 0 saturated carbocycles. The van der Waals surface area contributed by atoms with Crippen molar-refractivity contribution in [2.24, 2.45) is 0 Å². The molecule has 4 heteroatoms. The maximum absolute atomic E-state index is 4.33. The van der Waals surface area contributed by atoms with Crippen molar-refractivity contribution >= 4 is 0 Å². The van der Waals surface area contributed by atoms with Gasteiger partial charge in [0.15, 0.2) is 0 Å². The Hall–Kier alpha value is 2.48. The van der Waals surface area contributed by atoms with Crippen LogP contribution in [0.5, 0.6) is 0 Å². The maximum atomic E-state index is 4.33. The van der Waals surface area contributed by atoms with Crippen molar-refractivity contribution < 1.29 is 110 Å². The van der Waals surface area contributed by atoms with E-state index in [4.69, 9.17) is 0 Å². The van der Waals surface area contributed by atoms with Gasteiger partial charge in [-0.3, -0.25) is 0 Å². The van der Waals surface area contributed by atoms with Gasteiger partial charge in [0.2, 0.25) is 0 Å². The van der Waals surface area contributed by atoms with Gasteiger partial charge in [0.1, 0.15) is 6.26 Å². The van der Waals surface area contributed by atoms with Gasteiger partial charge in [-0.05, 0) is 6.07 Å². The zero-order valence-electron chi connectivity index (χ0n) is 6.59. The summed E-state index contributed by atoms with van der Waals surface area (Å²) in [6.45, 7) is 0. The molecule has 0 amide bonds. The molecule has 0 atom stereocenters. The van der Waals surface area contributed by atoms with E-state index >= 15 is 0 Å². The Bertz CT molecular complexity index is 76.3. The molecule has 1 aromatic heterocycles. The quantitative estimate of drug-likeness (QED) is 0.345. The Morgan fingerprint density at radius 3 is 2.29 bits per heavy atom. The summed E-state index contributed by atoms with van der Waals surface area (Å²) in [4.78, 5) is 0. The minimum Gasteiger partial charge on any atom is -1.00 e. The maximum Gasteiger partial charge on any atom is 1.00 e. The first-order chi connectivity index (χ1) is 2.50. The van der Waals surface area contributed by atoms with Gasteiger partial charge in [0.25, 0.3) is 0 Å². The molecule has 1 aromatic rings. The topological polar surface area (TPSA) is 26.0 Å². The molecule has 0 radical (unpaired) electrons. The Balaban J connectivity index is -0.0000000312. The monoisotopic (exact) mass is 149 g/mol. The smallest absolute Gasteiger partial charge is 1.00 e. The fourth-order valence-electron chi connectivity index (χ4n) is 0.176. The van der Waals surface area contributed by atoms with Gasteiger partial charge in [0.05, 0.1) is 6.20 Å². The molecule has 7 heavy (non-hydrogen) atoms. The molecule has 0 aliphatic carbocycles. The van der Waals surface area contributed by atoms with Gasteiger partial charge in [-0.25, -0.2) is 0 Å². The number of nitrogens with zero attached hydrogens (tertiary/aromatic N) is 1. The van der Waals surface area contributed by atoms with Crippen LogP contribution in [0, 0.1) is 0 Å². The van der Waals surface area contributed by atoms with Crippen LogP contribution in [0.25, 0.3) is 0 Å². The van der Waals surface area contributed by atoms with E-state index in [0.29, 0.717) is 0 Å². The van der Waals surface area contributed by atoms with E-state index in [0.717, 1.165) is 0 Å². The van der Waals surface area contributed by atoms with Crippen molar-refractivity contribution in [1.82, 2.24) is 5.16 Å². The Morgan fingerprint density at radius 2 is 2.14 bits per heavy atom. The minimum absolute atomic E-state index is 0. The Labute approximate surface area is 130 Å². The molecule has 2 nitrogen and oxygen atoms in total. The van der Waals surface area contributed by atoms with Gasteiger partial charge < -0.3 is 7.38 Å². The molecule has 1 rings (SSSR count). The fourth-order valence-corrected chi connectivity index (χ4v) is 0.176. The predicted molar refractivity (Wildman–Crippen MR) is 18.7 cm³/mol. The summed E-state index contributed by atoms with van der Waals surface area (Å²) in [5.74, 6) is 0. The summed E-state index contributed by atoms with van der Waals surface area (Å²) in [5, 5.41) is 3.35. The third-order valence-corrected chi connectivity index (χ3v) is 0.347. The zero-order chi connectivity index (χ0) is 3.54. The second-order valence-corrected chi connectivity index (χ2v) is 0.688. The fraction of sp³-hybridized carbons (Fsp3) is 0. The standard InChI is InChI=1S/C3H3NO.2K.2H/c1-2-4-5-3-1;;;;/h1-3H;;;;/q;2*+1;2*-1. The van der Waals surface area contributed by atoms with Crippen LogP contribution in [0.4, 0.5) is 0 Å². The molecule has 0 aromatic carbocycles. The zero-order valence-corrected chi connectivity index (χ0v) is 10.8. The van der Waals surface area contributed by atoms with Crippen LogP contribution >= 0.6 is 0 Å². The average Bonchev–Trinajstić information content (AvgIpc) is 1.76. The number of rotatable bonds is 0. The number of aromatic nitrogens is 1. The molecule has 0 fully saturated rings. The molecule has 0 N–H and O–H groups in total. The summed E-state index contributed by atoms with van der Waals surface area (Å²) < 4.78 is 4.33. The summed E-state index contributed by atoms with van der Waals surface area (Å²) in [6.07, 6.45) is 3.10. The third-order valence-electron chi connectivity index (χ3n) is 0.347. The van der Waals surface area contributed by atoms with E-state index in [1.807, 2.05) is 0 Å². The van der Waals surface area contributed by atoms with Crippen LogP contribution in [0.2, 0.25) is 0 Å². The van der Waals surface area contributed by atoms with E-state index in [2.05, 4.69) is 9.68 Å². The molecule has 0 aliphatic rings. The molecule has 0 saturated heterocycles. The Morgan fingerprint density at radius 1 is 1.43 bits per heavy atom. The van der Waals surface area contributed by atoms with Gasteiger partial charge in [-0.1, -0.05) is 5.16 Å². The predicted octanol–water partition coefficient (Wildman–Crippen LogP) is -5.09. The van der Waals surface area contributed by atoms with Crippen molar-refractivity contribution in [2.45, 2.75) is 0 Å². The first-order valence-corrected chi connectivity index (χ1v) is 1.34. The molecule has 0 aliphatic heterocycles. The van der Waals surface area contributed by atoms with Crippen molar-refractivity contribution in [3.8, 4) is 0 Å². The van der Waals surface area contributed by atoms with Crippen molar-refractivity contribution in [2.75, 3.05) is 0 Å². The molecule has 0 unspecified atom stereocenters. The summed E-state index contributed by atoms with van der Waals surface area (Å²) in [6, 6.07) is 1.72. The first kappa shape index (κ1) is 12.2. The van der Waals surface area contributed by atoms with Crippen LogP contribution < -0.4 is 103 Å². The summed E-state index contributed by atoms with van der Waals surface area (Å²) in [7, 11) is 0. The number of hydrogen-bond donors (Lipinski definition) is 0. The van der Waals surface area contributed by atoms with Crippen LogP contribution in [0.1, 0.15) is 2.85 Å². The molecule has 0 spiro atoms. The molecule has 1 heterocycles. The third kappa shape index (κ3) is 6.37. The normalized spacial score (nSPS) is 5.71. The van der Waals surface area contributed by atoms with Crippen molar-refractivity contribution in [3.05, 3.63) is 18.5 Å². The molecule has 0 bridgehead atoms. The Kier molecular flexibility index (Phi) is 14.8. The second kappa shape index (κ2) is 8.48. The van der Waals surface area contributed by atoms with Gasteiger partial charge in [-0.2, -0.15) is 0 Å². The largest absolute Gasteiger partial charge is 1.00 e. The SMILES string of the molecule is [H-].[H-].[K+].[K+].c1cnoc1. The van der Waals surface area contributed by atoms with Crippen LogP contribution in [0.15, 0.2) is 23.0 Å². The van der Waals surface area contributed by atoms with Crippen molar-refractivity contribution in [3.63, 3.8) is 0 Å². The summed E-state index contributed by atoms with van der Waals surface area (Å²) in [5.41, 5.74) is 0. The van der Waals surface area contributed by atoms with E-state index in [-0.39, 0.29) is 106 Å². The van der Waals surface area contributed by atoms with Crippen LogP contribution in [-0.2, 0) is 0 Å². The minimum atomic E-state index is 0. The van der Waals surface area contributed by atoms with Crippen molar-refractivity contribution in [1.29, 1.82) is 0 Å². The summed E-state index contributed by atoms with van der Waals surface area (Å²) >= 11 is 0. The average molecular weight is 149 g/mol. The first-order valence-electron chi connectivity index (χ1n) is 1.34.